The van der Waals surface area contributed by atoms with Gasteiger partial charge in [-0.1, -0.05) is 38.6 Å². The quantitative estimate of drug-likeness (QED) is 0.682. The van der Waals surface area contributed by atoms with Gasteiger partial charge >= 0.3 is 0 Å². The van der Waals surface area contributed by atoms with Crippen molar-refractivity contribution in [2.45, 2.75) is 20.8 Å². The highest BCUT2D eigenvalue weighted by atomic mass is 35.5. The average molecular weight is 230 g/mol. The first kappa shape index (κ1) is 14.1. The van der Waals surface area contributed by atoms with E-state index in [1.807, 2.05) is 32.7 Å². The molecule has 1 saturated heterocycles. The van der Waals surface area contributed by atoms with Crippen LogP contribution in [-0.4, -0.2) is 25.1 Å². The molecule has 0 radical (unpaired) electrons. The summed E-state index contributed by atoms with van der Waals surface area (Å²) < 4.78 is 5.31. The van der Waals surface area contributed by atoms with E-state index in [1.165, 1.54) is 0 Å². The molecule has 2 nitrogen and oxygen atoms in total. The van der Waals surface area contributed by atoms with Gasteiger partial charge in [0.1, 0.15) is 12.4 Å². The summed E-state index contributed by atoms with van der Waals surface area (Å²) in [5.41, 5.74) is 1.68. The molecule has 1 aliphatic rings. The highest BCUT2D eigenvalue weighted by Crippen LogP contribution is 2.27. The number of allylic oxidation sites excluding steroid dienone is 2. The lowest BCUT2D eigenvalue weighted by atomic mass is 10.2. The molecule has 0 aromatic carbocycles. The summed E-state index contributed by atoms with van der Waals surface area (Å²) in [5, 5.41) is 0.632. The number of likely N-dealkylation sites (N-methyl/N-ethyl adjacent to an activating group) is 1. The van der Waals surface area contributed by atoms with E-state index in [2.05, 4.69) is 13.2 Å². The minimum atomic E-state index is 0.627. The summed E-state index contributed by atoms with van der Waals surface area (Å²) in [6, 6.07) is 0. The molecule has 86 valence electrons. The van der Waals surface area contributed by atoms with E-state index in [0.29, 0.717) is 17.4 Å². The number of hydrogen-bond acceptors (Lipinski definition) is 2. The van der Waals surface area contributed by atoms with E-state index in [-0.39, 0.29) is 0 Å². The van der Waals surface area contributed by atoms with Crippen molar-refractivity contribution in [1.29, 1.82) is 0 Å². The van der Waals surface area contributed by atoms with Gasteiger partial charge in [-0.15, -0.1) is 0 Å². The largest absolute Gasteiger partial charge is 0.490 e. The van der Waals surface area contributed by atoms with E-state index < -0.39 is 0 Å². The van der Waals surface area contributed by atoms with Gasteiger partial charge in [-0.05, 0) is 12.5 Å². The summed E-state index contributed by atoms with van der Waals surface area (Å²) in [7, 11) is 1.97. The fourth-order valence-corrected chi connectivity index (χ4v) is 1.44. The summed E-state index contributed by atoms with van der Waals surface area (Å²) in [6.07, 6.45) is 0. The van der Waals surface area contributed by atoms with Crippen molar-refractivity contribution in [2.75, 3.05) is 20.2 Å². The lowest BCUT2D eigenvalue weighted by Crippen LogP contribution is -2.30. The second-order valence-corrected chi connectivity index (χ2v) is 3.51. The minimum Gasteiger partial charge on any atom is -0.490 e. The lowest BCUT2D eigenvalue weighted by molar-refractivity contribution is 0.143. The predicted octanol–water partition coefficient (Wildman–Crippen LogP) is 3.51. The van der Waals surface area contributed by atoms with Crippen LogP contribution in [0.15, 0.2) is 35.2 Å². The molecule has 1 aliphatic heterocycles. The molecule has 0 aliphatic carbocycles. The maximum absolute atomic E-state index is 6.08. The summed E-state index contributed by atoms with van der Waals surface area (Å²) in [5.74, 6) is 0.627. The molecule has 3 heteroatoms. The molecular weight excluding hydrogens is 210 g/mol. The third-order valence-electron chi connectivity index (χ3n) is 1.93. The Morgan fingerprint density at radius 3 is 2.40 bits per heavy atom. The van der Waals surface area contributed by atoms with Crippen LogP contribution in [0.1, 0.15) is 20.8 Å². The van der Waals surface area contributed by atoms with Crippen molar-refractivity contribution in [3.63, 3.8) is 0 Å². The van der Waals surface area contributed by atoms with Gasteiger partial charge in [-0.25, -0.2) is 0 Å². The first-order chi connectivity index (χ1) is 7.04. The van der Waals surface area contributed by atoms with Crippen LogP contribution in [0.2, 0.25) is 0 Å². The Balaban J connectivity index is 0.000000921. The number of hydrogen-bond donors (Lipinski definition) is 0. The fraction of sp³-hybridized carbons (Fsp3) is 0.500. The summed E-state index contributed by atoms with van der Waals surface area (Å²) in [4.78, 5) is 2.03. The van der Waals surface area contributed by atoms with Gasteiger partial charge in [0.15, 0.2) is 0 Å². The van der Waals surface area contributed by atoms with Gasteiger partial charge in [-0.2, -0.15) is 0 Å². The van der Waals surface area contributed by atoms with Crippen LogP contribution in [0, 0.1) is 0 Å². The van der Waals surface area contributed by atoms with Gasteiger partial charge in [0.25, 0.3) is 0 Å². The third kappa shape index (κ3) is 3.63. The molecule has 0 aromatic heterocycles. The average Bonchev–Trinajstić information content (AvgIpc) is 2.20. The molecule has 0 aromatic rings. The summed E-state index contributed by atoms with van der Waals surface area (Å²) in [6.45, 7) is 15.0. The van der Waals surface area contributed by atoms with Crippen LogP contribution in [-0.2, 0) is 4.74 Å². The maximum atomic E-state index is 6.08. The molecule has 1 fully saturated rings. The monoisotopic (exact) mass is 229 g/mol. The molecule has 0 bridgehead atoms. The van der Waals surface area contributed by atoms with Crippen molar-refractivity contribution < 1.29 is 4.74 Å². The van der Waals surface area contributed by atoms with Crippen LogP contribution >= 0.6 is 11.6 Å². The van der Waals surface area contributed by atoms with Crippen molar-refractivity contribution in [1.82, 2.24) is 4.90 Å². The van der Waals surface area contributed by atoms with Crippen molar-refractivity contribution in [3.05, 3.63) is 35.2 Å². The van der Waals surface area contributed by atoms with Gasteiger partial charge < -0.3 is 9.64 Å². The molecule has 0 spiro atoms. The standard InChI is InChI=1S/C10H14ClNO.C2H6/c1-7(2)9(11)10-8(3)13-6-5-12(10)4;1-2/h1,3,5-6H2,2,4H3;1-2H3/b10-9-;. The van der Waals surface area contributed by atoms with E-state index >= 15 is 0 Å². The van der Waals surface area contributed by atoms with E-state index in [0.717, 1.165) is 17.8 Å². The highest BCUT2D eigenvalue weighted by molar-refractivity contribution is 6.32. The van der Waals surface area contributed by atoms with Gasteiger partial charge in [0, 0.05) is 7.05 Å². The zero-order chi connectivity index (χ0) is 12.0. The van der Waals surface area contributed by atoms with Crippen LogP contribution in [0.3, 0.4) is 0 Å². The predicted molar refractivity (Wildman–Crippen MR) is 66.8 cm³/mol. The number of nitrogens with zero attached hydrogens (tertiary/aromatic N) is 1. The van der Waals surface area contributed by atoms with Crippen LogP contribution in [0.25, 0.3) is 0 Å². The zero-order valence-electron chi connectivity index (χ0n) is 10.1. The second-order valence-electron chi connectivity index (χ2n) is 3.14. The zero-order valence-corrected chi connectivity index (χ0v) is 10.8. The molecule has 1 heterocycles. The van der Waals surface area contributed by atoms with Crippen molar-refractivity contribution >= 4 is 11.6 Å². The Morgan fingerprint density at radius 1 is 1.47 bits per heavy atom. The minimum absolute atomic E-state index is 0.627. The lowest BCUT2D eigenvalue weighted by Gasteiger charge is -2.30. The smallest absolute Gasteiger partial charge is 0.137 e. The molecule has 0 amide bonds. The second kappa shape index (κ2) is 6.57. The van der Waals surface area contributed by atoms with Crippen LogP contribution in [0.5, 0.6) is 0 Å². The molecular formula is C12H20ClNO. The Bertz CT molecular complexity index is 281. The molecule has 0 N–H and O–H groups in total. The van der Waals surface area contributed by atoms with Crippen LogP contribution in [0.4, 0.5) is 0 Å². The van der Waals surface area contributed by atoms with Gasteiger partial charge in [0.05, 0.1) is 17.3 Å². The number of rotatable bonds is 1. The Labute approximate surface area is 97.9 Å². The first-order valence-electron chi connectivity index (χ1n) is 5.13. The summed E-state index contributed by atoms with van der Waals surface area (Å²) >= 11 is 6.08. The Hall–Kier alpha value is -0.890. The first-order valence-corrected chi connectivity index (χ1v) is 5.50. The Morgan fingerprint density at radius 2 is 2.00 bits per heavy atom. The van der Waals surface area contributed by atoms with Crippen LogP contribution < -0.4 is 0 Å². The normalized spacial score (nSPS) is 18.7. The molecule has 0 unspecified atom stereocenters. The topological polar surface area (TPSA) is 12.5 Å². The fourth-order valence-electron chi connectivity index (χ4n) is 1.19. The SMILES string of the molecule is C=C(C)/C(Cl)=C1\C(=C)OCCN1C.CC. The van der Waals surface area contributed by atoms with E-state index in [4.69, 9.17) is 16.3 Å². The third-order valence-corrected chi connectivity index (χ3v) is 2.43. The van der Waals surface area contributed by atoms with Gasteiger partial charge in [0.2, 0.25) is 0 Å². The van der Waals surface area contributed by atoms with Gasteiger partial charge in [-0.3, -0.25) is 0 Å². The number of ether oxygens (including phenoxy) is 1. The molecule has 0 atom stereocenters. The highest BCUT2D eigenvalue weighted by Gasteiger charge is 2.19. The molecule has 1 rings (SSSR count). The van der Waals surface area contributed by atoms with E-state index in [9.17, 15) is 0 Å². The molecule has 0 saturated carbocycles. The number of halogens is 1. The number of morpholine rings is 1. The van der Waals surface area contributed by atoms with Crippen molar-refractivity contribution in [2.24, 2.45) is 0 Å². The Kier molecular flexibility index (Phi) is 6.18. The van der Waals surface area contributed by atoms with E-state index in [1.54, 1.807) is 0 Å². The van der Waals surface area contributed by atoms with Crippen molar-refractivity contribution in [3.8, 4) is 0 Å². The maximum Gasteiger partial charge on any atom is 0.137 e. The molecule has 15 heavy (non-hydrogen) atoms.